The zero-order valence-electron chi connectivity index (χ0n) is 16.3. The van der Waals surface area contributed by atoms with E-state index >= 15 is 0 Å². The Balaban J connectivity index is 1.44. The normalized spacial score (nSPS) is 20.1. The monoisotopic (exact) mass is 445 g/mol. The fourth-order valence-electron chi connectivity index (χ4n) is 3.05. The van der Waals surface area contributed by atoms with E-state index in [1.165, 1.54) is 41.4 Å². The van der Waals surface area contributed by atoms with E-state index in [2.05, 4.69) is 9.97 Å². The lowest BCUT2D eigenvalue weighted by Gasteiger charge is -2.21. The molecule has 4 rings (SSSR count). The first-order valence-corrected chi connectivity index (χ1v) is 11.0. The average molecular weight is 445 g/mol. The van der Waals surface area contributed by atoms with Crippen molar-refractivity contribution in [2.75, 3.05) is 6.61 Å². The van der Waals surface area contributed by atoms with Gasteiger partial charge in [-0.05, 0) is 37.1 Å². The van der Waals surface area contributed by atoms with Crippen LogP contribution in [0.4, 0.5) is 0 Å². The number of pyridine rings is 1. The smallest absolute Gasteiger partial charge is 0.395 e. The third-order valence-electron chi connectivity index (χ3n) is 4.49. The summed E-state index contributed by atoms with van der Waals surface area (Å²) in [5, 5.41) is 0. The Bertz CT molecular complexity index is 1120. The van der Waals surface area contributed by atoms with Crippen molar-refractivity contribution in [2.45, 2.75) is 25.2 Å². The molecule has 10 nitrogen and oxygen atoms in total. The number of nitrogens with zero attached hydrogens (tertiary/aromatic N) is 2. The van der Waals surface area contributed by atoms with Crippen LogP contribution in [0.25, 0.3) is 0 Å². The third kappa shape index (κ3) is 5.49. The van der Waals surface area contributed by atoms with Gasteiger partial charge >= 0.3 is 13.5 Å². The number of hydrogen-bond donors (Lipinski definition) is 1. The number of phosphoric acid groups is 1. The van der Waals surface area contributed by atoms with Gasteiger partial charge in [-0.2, -0.15) is 0 Å². The summed E-state index contributed by atoms with van der Waals surface area (Å²) in [5.41, 5.74) is -1.04. The molecule has 0 radical (unpaired) electrons. The maximum atomic E-state index is 13.3. The average Bonchev–Trinajstić information content (AvgIpc) is 3.22. The van der Waals surface area contributed by atoms with E-state index in [9.17, 15) is 14.2 Å². The number of benzene rings is 1. The molecule has 11 heteroatoms. The fourth-order valence-corrected chi connectivity index (χ4v) is 4.30. The van der Waals surface area contributed by atoms with Crippen molar-refractivity contribution in [3.63, 3.8) is 0 Å². The molecule has 162 valence electrons. The highest BCUT2D eigenvalue weighted by Crippen LogP contribution is 2.50. The van der Waals surface area contributed by atoms with Crippen LogP contribution in [-0.4, -0.2) is 27.2 Å². The Kier molecular flexibility index (Phi) is 6.31. The van der Waals surface area contributed by atoms with Gasteiger partial charge in [0.1, 0.15) is 17.7 Å². The van der Waals surface area contributed by atoms with Crippen molar-refractivity contribution in [2.24, 2.45) is 0 Å². The summed E-state index contributed by atoms with van der Waals surface area (Å²) < 4.78 is 37.1. The number of aromatic amines is 1. The van der Waals surface area contributed by atoms with Crippen molar-refractivity contribution in [3.8, 4) is 11.5 Å². The second-order valence-electron chi connectivity index (χ2n) is 6.73. The molecule has 2 aromatic heterocycles. The summed E-state index contributed by atoms with van der Waals surface area (Å²) in [5.74, 6) is 0.601. The first kappa shape index (κ1) is 21.0. The molecule has 1 aliphatic rings. The Morgan fingerprint density at radius 1 is 1.03 bits per heavy atom. The molecular formula is C20H20N3O7P. The van der Waals surface area contributed by atoms with E-state index in [1.807, 2.05) is 0 Å². The lowest BCUT2D eigenvalue weighted by atomic mass is 10.2. The van der Waals surface area contributed by atoms with Gasteiger partial charge < -0.3 is 13.8 Å². The van der Waals surface area contributed by atoms with E-state index < -0.39 is 31.4 Å². The summed E-state index contributed by atoms with van der Waals surface area (Å²) in [6, 6.07) is 12.9. The number of H-pyrrole nitrogens is 1. The van der Waals surface area contributed by atoms with Gasteiger partial charge in [0, 0.05) is 24.7 Å². The molecule has 1 aliphatic heterocycles. The van der Waals surface area contributed by atoms with Crippen LogP contribution in [0, 0.1) is 0 Å². The highest BCUT2D eigenvalue weighted by molar-refractivity contribution is 7.49. The maximum Gasteiger partial charge on any atom is 0.587 e. The highest BCUT2D eigenvalue weighted by Gasteiger charge is 2.35. The number of para-hydroxylation sites is 1. The summed E-state index contributed by atoms with van der Waals surface area (Å²) in [7, 11) is -4.05. The number of phosphoric ester groups is 1. The summed E-state index contributed by atoms with van der Waals surface area (Å²) in [6.07, 6.45) is 4.44. The van der Waals surface area contributed by atoms with Crippen molar-refractivity contribution in [1.29, 1.82) is 0 Å². The summed E-state index contributed by atoms with van der Waals surface area (Å²) >= 11 is 0. The predicted molar refractivity (Wildman–Crippen MR) is 110 cm³/mol. The van der Waals surface area contributed by atoms with Gasteiger partial charge in [-0.1, -0.05) is 18.2 Å². The highest BCUT2D eigenvalue weighted by atomic mass is 31.2. The fraction of sp³-hybridized carbons (Fsp3) is 0.250. The minimum absolute atomic E-state index is 0.0796. The van der Waals surface area contributed by atoms with Crippen molar-refractivity contribution >= 4 is 7.82 Å². The van der Waals surface area contributed by atoms with Crippen LogP contribution in [-0.2, 0) is 13.8 Å². The maximum absolute atomic E-state index is 13.3. The van der Waals surface area contributed by atoms with Gasteiger partial charge in [0.25, 0.3) is 5.56 Å². The molecule has 0 saturated carbocycles. The van der Waals surface area contributed by atoms with Crippen LogP contribution < -0.4 is 20.3 Å². The largest absolute Gasteiger partial charge is 0.587 e. The van der Waals surface area contributed by atoms with Gasteiger partial charge in [0.2, 0.25) is 0 Å². The van der Waals surface area contributed by atoms with Gasteiger partial charge in [-0.3, -0.25) is 23.9 Å². The molecule has 1 fully saturated rings. The number of rotatable bonds is 8. The van der Waals surface area contributed by atoms with Gasteiger partial charge in [0.05, 0.1) is 12.7 Å². The predicted octanol–water partition coefficient (Wildman–Crippen LogP) is 2.89. The van der Waals surface area contributed by atoms with Crippen molar-refractivity contribution in [1.82, 2.24) is 14.5 Å². The van der Waals surface area contributed by atoms with E-state index in [0.717, 1.165) is 0 Å². The molecule has 1 aromatic carbocycles. The molecule has 0 spiro atoms. The van der Waals surface area contributed by atoms with Crippen LogP contribution in [0.3, 0.4) is 0 Å². The van der Waals surface area contributed by atoms with Crippen LogP contribution in [0.5, 0.6) is 11.5 Å². The zero-order valence-corrected chi connectivity index (χ0v) is 17.2. The van der Waals surface area contributed by atoms with Crippen LogP contribution in [0.2, 0.25) is 0 Å². The van der Waals surface area contributed by atoms with Crippen molar-refractivity contribution in [3.05, 3.63) is 88.0 Å². The van der Waals surface area contributed by atoms with E-state index in [4.69, 9.17) is 18.3 Å². The molecule has 0 bridgehead atoms. The molecule has 1 N–H and O–H groups in total. The number of hydrogen-bond acceptors (Lipinski definition) is 8. The van der Waals surface area contributed by atoms with E-state index in [1.54, 1.807) is 30.3 Å². The van der Waals surface area contributed by atoms with Crippen LogP contribution in [0.1, 0.15) is 19.1 Å². The SMILES string of the molecule is O=c1ccn([C@H]2CC[C@@H](COP(=O)(Oc3ccccc3)Oc3ccncc3)O2)c(=O)[nH]1. The second-order valence-corrected chi connectivity index (χ2v) is 8.25. The minimum atomic E-state index is -4.05. The standard InChI is InChI=1S/C20H20N3O7P/c24-18-10-13-23(20(25)22-18)19-7-6-17(28-19)14-27-31(26,29-15-4-2-1-3-5-15)30-16-8-11-21-12-9-16/h1-5,8-13,17,19H,6-7,14H2,(H,22,24,25)/t17-,19+,31?/m0/s1. The summed E-state index contributed by atoms with van der Waals surface area (Å²) in [4.78, 5) is 29.3. The Labute approximate surface area is 177 Å². The lowest BCUT2D eigenvalue weighted by Crippen LogP contribution is -2.31. The van der Waals surface area contributed by atoms with E-state index in [-0.39, 0.29) is 12.4 Å². The topological polar surface area (TPSA) is 122 Å². The minimum Gasteiger partial charge on any atom is -0.395 e. The molecular weight excluding hydrogens is 425 g/mol. The quantitative estimate of drug-likeness (QED) is 0.526. The molecule has 3 aromatic rings. The summed E-state index contributed by atoms with van der Waals surface area (Å²) in [6.45, 7) is -0.0796. The molecule has 0 aliphatic carbocycles. The zero-order chi connectivity index (χ0) is 21.7. The number of ether oxygens (including phenoxy) is 1. The van der Waals surface area contributed by atoms with Crippen molar-refractivity contribution < 1.29 is 22.9 Å². The first-order valence-electron chi connectivity index (χ1n) is 9.56. The third-order valence-corrected chi connectivity index (χ3v) is 5.83. The molecule has 3 heterocycles. The molecule has 1 saturated heterocycles. The van der Waals surface area contributed by atoms with Gasteiger partial charge in [0.15, 0.2) is 0 Å². The Morgan fingerprint density at radius 3 is 2.45 bits per heavy atom. The van der Waals surface area contributed by atoms with E-state index in [0.29, 0.717) is 18.6 Å². The molecule has 3 atom stereocenters. The first-order chi connectivity index (χ1) is 15.0. The Morgan fingerprint density at radius 2 is 1.74 bits per heavy atom. The molecule has 0 amide bonds. The Hall–Kier alpha value is -3.20. The van der Waals surface area contributed by atoms with Gasteiger partial charge in [-0.15, -0.1) is 0 Å². The molecule has 1 unspecified atom stereocenters. The van der Waals surface area contributed by atoms with Crippen LogP contribution >= 0.6 is 7.82 Å². The lowest BCUT2D eigenvalue weighted by molar-refractivity contribution is -0.0235. The number of aromatic nitrogens is 3. The molecule has 31 heavy (non-hydrogen) atoms. The second kappa shape index (κ2) is 9.30. The van der Waals surface area contributed by atoms with Gasteiger partial charge in [-0.25, -0.2) is 9.36 Å². The van der Waals surface area contributed by atoms with Crippen LogP contribution in [0.15, 0.2) is 76.7 Å². The number of nitrogens with one attached hydrogen (secondary N) is 1.